The van der Waals surface area contributed by atoms with Gasteiger partial charge in [0.2, 0.25) is 0 Å². The van der Waals surface area contributed by atoms with Crippen LogP contribution < -0.4 is 14.8 Å². The number of nitrogens with one attached hydrogen (secondary N) is 1. The molecule has 1 unspecified atom stereocenters. The van der Waals surface area contributed by atoms with Gasteiger partial charge in [0.15, 0.2) is 6.61 Å². The molecule has 3 rings (SSSR count). The molecule has 1 heterocycles. The number of hydrogen-bond donors (Lipinski definition) is 1. The molecule has 1 fully saturated rings. The molecule has 1 saturated heterocycles. The fraction of sp³-hybridized carbons (Fsp3) is 0.417. The summed E-state index contributed by atoms with van der Waals surface area (Å²) in [6.07, 6.45) is -2.87. The Morgan fingerprint density at radius 1 is 1.08 bits per heavy atom. The molecule has 36 heavy (non-hydrogen) atoms. The Labute approximate surface area is 216 Å². The van der Waals surface area contributed by atoms with Gasteiger partial charge in [-0.1, -0.05) is 23.2 Å². The van der Waals surface area contributed by atoms with Gasteiger partial charge in [0, 0.05) is 12.2 Å². The predicted octanol–water partition coefficient (Wildman–Crippen LogP) is 5.44. The van der Waals surface area contributed by atoms with Gasteiger partial charge in [-0.15, -0.1) is 0 Å². The minimum absolute atomic E-state index is 0.0511. The van der Waals surface area contributed by atoms with E-state index in [0.717, 1.165) is 37.6 Å². The molecule has 0 spiro atoms. The number of likely N-dealkylation sites (tertiary alicyclic amines) is 1. The first-order valence-corrected chi connectivity index (χ1v) is 12.0. The highest BCUT2D eigenvalue weighted by molar-refractivity contribution is 6.32. The van der Waals surface area contributed by atoms with Crippen LogP contribution in [0.4, 0.5) is 18.9 Å². The third kappa shape index (κ3) is 7.65. The number of amides is 1. The fourth-order valence-electron chi connectivity index (χ4n) is 3.70. The number of benzene rings is 2. The topological polar surface area (TPSA) is 77.1 Å². The van der Waals surface area contributed by atoms with Crippen molar-refractivity contribution in [3.05, 3.63) is 52.0 Å². The molecule has 2 aromatic carbocycles. The highest BCUT2D eigenvalue weighted by Crippen LogP contribution is 2.34. The van der Waals surface area contributed by atoms with Crippen LogP contribution in [0.1, 0.15) is 25.3 Å². The number of ether oxygens (including phenoxy) is 3. The molecule has 196 valence electrons. The van der Waals surface area contributed by atoms with Crippen molar-refractivity contribution in [2.24, 2.45) is 0 Å². The molecule has 0 saturated carbocycles. The zero-order valence-electron chi connectivity index (χ0n) is 19.4. The number of rotatable bonds is 10. The number of hydrogen-bond acceptors (Lipinski definition) is 6. The van der Waals surface area contributed by atoms with E-state index < -0.39 is 24.3 Å². The largest absolute Gasteiger partial charge is 0.491 e. The van der Waals surface area contributed by atoms with Crippen LogP contribution in [0.5, 0.6) is 11.5 Å². The molecule has 0 radical (unpaired) electrons. The van der Waals surface area contributed by atoms with Crippen molar-refractivity contribution in [3.63, 3.8) is 0 Å². The Balaban J connectivity index is 1.47. The summed E-state index contributed by atoms with van der Waals surface area (Å²) in [5, 5.41) is 2.59. The van der Waals surface area contributed by atoms with Gasteiger partial charge in [0.05, 0.1) is 22.2 Å². The van der Waals surface area contributed by atoms with Crippen LogP contribution in [-0.2, 0) is 20.5 Å². The quantitative estimate of drug-likeness (QED) is 0.398. The molecule has 0 aromatic heterocycles. The van der Waals surface area contributed by atoms with E-state index in [1.54, 1.807) is 19.1 Å². The van der Waals surface area contributed by atoms with Gasteiger partial charge in [-0.25, -0.2) is 0 Å². The first-order valence-electron chi connectivity index (χ1n) is 11.2. The Morgan fingerprint density at radius 2 is 1.78 bits per heavy atom. The van der Waals surface area contributed by atoms with Gasteiger partial charge in [0.1, 0.15) is 24.1 Å². The maximum absolute atomic E-state index is 12.7. The predicted molar refractivity (Wildman–Crippen MR) is 129 cm³/mol. The van der Waals surface area contributed by atoms with E-state index in [1.807, 2.05) is 4.90 Å². The van der Waals surface area contributed by atoms with Crippen LogP contribution in [0, 0.1) is 0 Å². The Kier molecular flexibility index (Phi) is 9.69. The van der Waals surface area contributed by atoms with Crippen molar-refractivity contribution in [3.8, 4) is 11.5 Å². The molecule has 12 heteroatoms. The lowest BCUT2D eigenvalue weighted by Gasteiger charge is -2.22. The van der Waals surface area contributed by atoms with Gasteiger partial charge in [-0.3, -0.25) is 14.5 Å². The number of alkyl halides is 3. The van der Waals surface area contributed by atoms with Crippen LogP contribution in [0.25, 0.3) is 0 Å². The van der Waals surface area contributed by atoms with Gasteiger partial charge < -0.3 is 19.5 Å². The minimum Gasteiger partial charge on any atom is -0.491 e. The third-order valence-electron chi connectivity index (χ3n) is 5.39. The molecule has 0 bridgehead atoms. The summed E-state index contributed by atoms with van der Waals surface area (Å²) in [6, 6.07) is 7.02. The number of nitrogens with zero attached hydrogens (tertiary/aromatic N) is 1. The highest BCUT2D eigenvalue weighted by atomic mass is 35.5. The van der Waals surface area contributed by atoms with Crippen molar-refractivity contribution in [2.75, 3.05) is 38.2 Å². The first-order chi connectivity index (χ1) is 17.1. The van der Waals surface area contributed by atoms with Crippen molar-refractivity contribution in [1.29, 1.82) is 0 Å². The molecular weight excluding hydrogens is 524 g/mol. The average molecular weight is 549 g/mol. The average Bonchev–Trinajstić information content (AvgIpc) is 3.28. The van der Waals surface area contributed by atoms with Crippen molar-refractivity contribution in [2.45, 2.75) is 32.0 Å². The summed E-state index contributed by atoms with van der Waals surface area (Å²) in [5.74, 6) is -0.424. The van der Waals surface area contributed by atoms with Crippen LogP contribution in [0.2, 0.25) is 10.0 Å². The van der Waals surface area contributed by atoms with Gasteiger partial charge in [0.25, 0.3) is 5.91 Å². The zero-order valence-corrected chi connectivity index (χ0v) is 20.9. The lowest BCUT2D eigenvalue weighted by Crippen LogP contribution is -2.39. The summed E-state index contributed by atoms with van der Waals surface area (Å²) in [7, 11) is 0. The van der Waals surface area contributed by atoms with Crippen LogP contribution >= 0.6 is 23.2 Å². The lowest BCUT2D eigenvalue weighted by atomic mass is 10.2. The SMILES string of the molecule is CCOC(=O)C1CCCN1CCOc1ccc(NC(=O)COc2ccc(C(F)(F)F)cc2Cl)cc1Cl. The number of carbonyl (C=O) groups is 2. The van der Waals surface area contributed by atoms with Crippen LogP contribution in [-0.4, -0.2) is 55.7 Å². The van der Waals surface area contributed by atoms with E-state index in [2.05, 4.69) is 5.32 Å². The summed E-state index contributed by atoms with van der Waals surface area (Å²) in [6.45, 7) is 3.26. The van der Waals surface area contributed by atoms with E-state index >= 15 is 0 Å². The summed E-state index contributed by atoms with van der Waals surface area (Å²) < 4.78 is 54.3. The van der Waals surface area contributed by atoms with E-state index in [-0.39, 0.29) is 27.8 Å². The maximum atomic E-state index is 12.7. The number of anilines is 1. The standard InChI is InChI=1S/C24H25Cl2F3N2O5/c1-2-34-23(33)19-4-3-9-31(19)10-11-35-20-8-6-16(13-18(20)26)30-22(32)14-36-21-7-5-15(12-17(21)25)24(27,28)29/h5-8,12-13,19H,2-4,9-11,14H2,1H3,(H,30,32). The van der Waals surface area contributed by atoms with Crippen molar-refractivity contribution >= 4 is 40.8 Å². The number of halogens is 5. The second kappa shape index (κ2) is 12.5. The zero-order chi connectivity index (χ0) is 26.3. The number of esters is 1. The molecule has 0 aliphatic carbocycles. The maximum Gasteiger partial charge on any atom is 0.416 e. The van der Waals surface area contributed by atoms with Gasteiger partial charge >= 0.3 is 12.1 Å². The highest BCUT2D eigenvalue weighted by Gasteiger charge is 2.32. The molecule has 1 amide bonds. The minimum atomic E-state index is -4.53. The molecule has 1 aliphatic heterocycles. The van der Waals surface area contributed by atoms with Crippen LogP contribution in [0.15, 0.2) is 36.4 Å². The van der Waals surface area contributed by atoms with Gasteiger partial charge in [-0.2, -0.15) is 13.2 Å². The normalized spacial score (nSPS) is 16.0. The Hall–Kier alpha value is -2.69. The molecule has 2 aromatic rings. The molecule has 7 nitrogen and oxygen atoms in total. The van der Waals surface area contributed by atoms with E-state index in [9.17, 15) is 22.8 Å². The van der Waals surface area contributed by atoms with Crippen molar-refractivity contribution in [1.82, 2.24) is 4.90 Å². The second-order valence-corrected chi connectivity index (χ2v) is 8.73. The molecular formula is C24H25Cl2F3N2O5. The Bertz CT molecular complexity index is 1080. The second-order valence-electron chi connectivity index (χ2n) is 7.92. The van der Waals surface area contributed by atoms with Crippen LogP contribution in [0.3, 0.4) is 0 Å². The Morgan fingerprint density at radius 3 is 2.44 bits per heavy atom. The summed E-state index contributed by atoms with van der Waals surface area (Å²) in [4.78, 5) is 26.3. The summed E-state index contributed by atoms with van der Waals surface area (Å²) in [5.41, 5.74) is -0.540. The third-order valence-corrected chi connectivity index (χ3v) is 5.98. The fourth-order valence-corrected chi connectivity index (χ4v) is 4.17. The summed E-state index contributed by atoms with van der Waals surface area (Å²) >= 11 is 12.1. The molecule has 1 aliphatic rings. The van der Waals surface area contributed by atoms with E-state index in [1.165, 1.54) is 6.07 Å². The molecule has 1 atom stereocenters. The van der Waals surface area contributed by atoms with Gasteiger partial charge in [-0.05, 0) is 62.7 Å². The van der Waals surface area contributed by atoms with E-state index in [4.69, 9.17) is 37.4 Å². The monoisotopic (exact) mass is 548 g/mol. The first kappa shape index (κ1) is 27.9. The lowest BCUT2D eigenvalue weighted by molar-refractivity contribution is -0.148. The van der Waals surface area contributed by atoms with Crippen molar-refractivity contribution < 1.29 is 37.0 Å². The molecule has 1 N–H and O–H groups in total. The van der Waals surface area contributed by atoms with E-state index in [0.29, 0.717) is 31.2 Å². The smallest absolute Gasteiger partial charge is 0.416 e. The number of carbonyl (C=O) groups excluding carboxylic acids is 2.